The number of amides is 2. The number of ether oxygens (including phenoxy) is 1. The molecule has 36 heavy (non-hydrogen) atoms. The van der Waals surface area contributed by atoms with E-state index in [9.17, 15) is 14.7 Å². The molecule has 2 unspecified atom stereocenters. The lowest BCUT2D eigenvalue weighted by atomic mass is 9.80. The number of aliphatic hydroxyl groups is 1. The first-order valence-corrected chi connectivity index (χ1v) is 12.2. The summed E-state index contributed by atoms with van der Waals surface area (Å²) >= 11 is 0. The van der Waals surface area contributed by atoms with Crippen LogP contribution >= 0.6 is 0 Å². The van der Waals surface area contributed by atoms with Crippen molar-refractivity contribution in [2.24, 2.45) is 0 Å². The van der Waals surface area contributed by atoms with Gasteiger partial charge >= 0.3 is 6.09 Å². The zero-order valence-corrected chi connectivity index (χ0v) is 21.8. The number of carbonyl (C=O) groups is 2. The van der Waals surface area contributed by atoms with Gasteiger partial charge in [0.05, 0.1) is 11.6 Å². The number of hydrogen-bond acceptors (Lipinski definition) is 4. The highest BCUT2D eigenvalue weighted by Gasteiger charge is 2.46. The summed E-state index contributed by atoms with van der Waals surface area (Å²) in [6.07, 6.45) is 11.1. The number of rotatable bonds is 8. The third-order valence-corrected chi connectivity index (χ3v) is 6.55. The quantitative estimate of drug-likeness (QED) is 0.393. The Balaban J connectivity index is 1.77. The van der Waals surface area contributed by atoms with E-state index in [0.717, 1.165) is 22.3 Å². The number of likely N-dealkylation sites (N-methyl/N-ethyl adjacent to an activating group) is 1. The molecule has 2 aliphatic rings. The molecule has 3 rings (SSSR count). The summed E-state index contributed by atoms with van der Waals surface area (Å²) in [6.45, 7) is 12.0. The van der Waals surface area contributed by atoms with Crippen LogP contribution in [0.1, 0.15) is 46.1 Å². The van der Waals surface area contributed by atoms with E-state index in [0.29, 0.717) is 19.4 Å². The van der Waals surface area contributed by atoms with Crippen molar-refractivity contribution in [2.75, 3.05) is 13.6 Å². The Kier molecular flexibility index (Phi) is 8.24. The average molecular weight is 489 g/mol. The molecule has 2 aliphatic heterocycles. The third kappa shape index (κ3) is 6.34. The zero-order chi connectivity index (χ0) is 26.5. The predicted octanol–water partition coefficient (Wildman–Crippen LogP) is 5.40. The second-order valence-electron chi connectivity index (χ2n) is 9.97. The van der Waals surface area contributed by atoms with Gasteiger partial charge in [-0.2, -0.15) is 0 Å². The lowest BCUT2D eigenvalue weighted by Crippen LogP contribution is -2.53. The van der Waals surface area contributed by atoms with Gasteiger partial charge in [-0.15, -0.1) is 5.73 Å². The molecule has 1 fully saturated rings. The molecule has 0 saturated carbocycles. The van der Waals surface area contributed by atoms with Gasteiger partial charge in [0, 0.05) is 44.3 Å². The molecule has 1 saturated heterocycles. The highest BCUT2D eigenvalue weighted by Crippen LogP contribution is 2.41. The highest BCUT2D eigenvalue weighted by atomic mass is 16.6. The summed E-state index contributed by atoms with van der Waals surface area (Å²) in [5.41, 5.74) is 4.29. The van der Waals surface area contributed by atoms with Crippen molar-refractivity contribution in [3.05, 3.63) is 102 Å². The number of benzene rings is 1. The molecule has 190 valence electrons. The minimum absolute atomic E-state index is 0.152. The Bertz CT molecular complexity index is 1160. The van der Waals surface area contributed by atoms with Gasteiger partial charge in [0.2, 0.25) is 0 Å². The standard InChI is InChI=1S/C30H36N2O4/c1-7-24(17-16-22(2)25-12-11-15-27(33)31(6)20-25)23(3)32-19-18-30(36-28(32)34,21-29(4,5)35)26-13-9-8-10-14-26/h7-10,12-17,20,23,35H,2,18-19,21H2,1,3-6H3. The molecule has 1 aromatic rings. The molecule has 0 aliphatic carbocycles. The molecule has 6 nitrogen and oxygen atoms in total. The van der Waals surface area contributed by atoms with Crippen molar-refractivity contribution >= 4 is 12.0 Å². The average Bonchev–Trinajstić information content (AvgIpc) is 2.99. The molecule has 1 aromatic carbocycles. The first-order valence-electron chi connectivity index (χ1n) is 12.2. The largest absolute Gasteiger partial charge is 0.438 e. The van der Waals surface area contributed by atoms with Crippen LogP contribution in [0.2, 0.25) is 0 Å². The Morgan fingerprint density at radius 2 is 1.94 bits per heavy atom. The lowest BCUT2D eigenvalue weighted by Gasteiger charge is -2.45. The van der Waals surface area contributed by atoms with Gasteiger partial charge in [-0.3, -0.25) is 4.79 Å². The maximum Gasteiger partial charge on any atom is 0.411 e. The fourth-order valence-corrected chi connectivity index (χ4v) is 4.63. The molecule has 2 heterocycles. The van der Waals surface area contributed by atoms with Crippen molar-refractivity contribution < 1.29 is 19.4 Å². The molecule has 0 spiro atoms. The molecule has 6 heteroatoms. The van der Waals surface area contributed by atoms with Crippen molar-refractivity contribution in [1.82, 2.24) is 9.80 Å². The first kappa shape index (κ1) is 27.0. The van der Waals surface area contributed by atoms with Gasteiger partial charge in [0.25, 0.3) is 5.91 Å². The molecule has 1 N–H and O–H groups in total. The van der Waals surface area contributed by atoms with Crippen molar-refractivity contribution in [3.63, 3.8) is 0 Å². The topological polar surface area (TPSA) is 70.1 Å². The van der Waals surface area contributed by atoms with Crippen LogP contribution in [0.15, 0.2) is 95.9 Å². The normalized spacial score (nSPS) is 21.9. The number of cyclic esters (lactones) is 1. The van der Waals surface area contributed by atoms with Crippen LogP contribution in [0, 0.1) is 0 Å². The summed E-state index contributed by atoms with van der Waals surface area (Å²) in [6, 6.07) is 9.42. The van der Waals surface area contributed by atoms with E-state index in [1.807, 2.05) is 62.4 Å². The van der Waals surface area contributed by atoms with Crippen molar-refractivity contribution in [1.29, 1.82) is 0 Å². The summed E-state index contributed by atoms with van der Waals surface area (Å²) in [4.78, 5) is 28.3. The lowest BCUT2D eigenvalue weighted by molar-refractivity contribution is -0.122. The van der Waals surface area contributed by atoms with Crippen LogP contribution in [0.3, 0.4) is 0 Å². The Hall–Kier alpha value is -3.60. The first-order chi connectivity index (χ1) is 17.0. The van der Waals surface area contributed by atoms with Gasteiger partial charge < -0.3 is 19.6 Å². The smallest absolute Gasteiger partial charge is 0.411 e. The maximum atomic E-state index is 13.3. The van der Waals surface area contributed by atoms with E-state index in [2.05, 4.69) is 12.3 Å². The van der Waals surface area contributed by atoms with E-state index in [4.69, 9.17) is 4.74 Å². The van der Waals surface area contributed by atoms with Crippen molar-refractivity contribution in [2.45, 2.75) is 57.8 Å². The summed E-state index contributed by atoms with van der Waals surface area (Å²) in [5, 5.41) is 10.6. The molecule has 0 aromatic heterocycles. The third-order valence-electron chi connectivity index (χ3n) is 6.55. The number of carbonyl (C=O) groups excluding carboxylic acids is 2. The van der Waals surface area contributed by atoms with Gasteiger partial charge in [0.15, 0.2) is 0 Å². The van der Waals surface area contributed by atoms with Crippen LogP contribution in [-0.4, -0.2) is 52.1 Å². The molecule has 0 radical (unpaired) electrons. The molecule has 2 atom stereocenters. The number of nitrogens with zero attached hydrogens (tertiary/aromatic N) is 2. The Morgan fingerprint density at radius 1 is 1.25 bits per heavy atom. The minimum Gasteiger partial charge on any atom is -0.438 e. The van der Waals surface area contributed by atoms with E-state index >= 15 is 0 Å². The van der Waals surface area contributed by atoms with Gasteiger partial charge in [-0.1, -0.05) is 55.1 Å². The van der Waals surface area contributed by atoms with Gasteiger partial charge in [-0.05, 0) is 50.5 Å². The minimum atomic E-state index is -1.00. The van der Waals surface area contributed by atoms with E-state index in [-0.39, 0.29) is 11.9 Å². The summed E-state index contributed by atoms with van der Waals surface area (Å²) in [7, 11) is 1.69. The highest BCUT2D eigenvalue weighted by molar-refractivity contribution is 5.88. The number of allylic oxidation sites excluding steroid dienone is 4. The SMILES string of the molecule is C=C(C=CC(=CC)C(C)N1CCC(CC(C)(C)O)(c2ccccc2)OC1=O)C1=CN(C)C(=O)C=C=C1. The van der Waals surface area contributed by atoms with E-state index in [1.165, 1.54) is 11.0 Å². The van der Waals surface area contributed by atoms with E-state index in [1.54, 1.807) is 38.1 Å². The fourth-order valence-electron chi connectivity index (χ4n) is 4.63. The van der Waals surface area contributed by atoms with Crippen LogP contribution in [0.5, 0.6) is 0 Å². The fraction of sp³-hybridized carbons (Fsp3) is 0.367. The molecular weight excluding hydrogens is 452 g/mol. The second kappa shape index (κ2) is 11.0. The van der Waals surface area contributed by atoms with Crippen LogP contribution in [-0.2, 0) is 15.1 Å². The van der Waals surface area contributed by atoms with Crippen LogP contribution in [0.4, 0.5) is 4.79 Å². The molecule has 2 amide bonds. The second-order valence-corrected chi connectivity index (χ2v) is 9.97. The maximum absolute atomic E-state index is 13.3. The molecular formula is C30H36N2O4. The predicted molar refractivity (Wildman–Crippen MR) is 142 cm³/mol. The van der Waals surface area contributed by atoms with Crippen LogP contribution in [0.25, 0.3) is 0 Å². The summed E-state index contributed by atoms with van der Waals surface area (Å²) in [5.74, 6) is -0.152. The van der Waals surface area contributed by atoms with Crippen LogP contribution < -0.4 is 0 Å². The van der Waals surface area contributed by atoms with Gasteiger partial charge in [0.1, 0.15) is 5.60 Å². The Labute approximate surface area is 214 Å². The van der Waals surface area contributed by atoms with E-state index < -0.39 is 17.3 Å². The monoisotopic (exact) mass is 488 g/mol. The van der Waals surface area contributed by atoms with Crippen molar-refractivity contribution in [3.8, 4) is 0 Å². The number of hydrogen-bond donors (Lipinski definition) is 1. The Morgan fingerprint density at radius 3 is 2.56 bits per heavy atom. The summed E-state index contributed by atoms with van der Waals surface area (Å²) < 4.78 is 6.12. The van der Waals surface area contributed by atoms with Gasteiger partial charge in [-0.25, -0.2) is 4.79 Å². The zero-order valence-electron chi connectivity index (χ0n) is 21.8. The molecule has 0 bridgehead atoms.